The van der Waals surface area contributed by atoms with E-state index in [-0.39, 0.29) is 61.5 Å². The van der Waals surface area contributed by atoms with Gasteiger partial charge in [-0.15, -0.1) is 0 Å². The Labute approximate surface area is 245 Å². The van der Waals surface area contributed by atoms with Crippen molar-refractivity contribution in [2.75, 3.05) is 51.2 Å². The van der Waals surface area contributed by atoms with Gasteiger partial charge in [0.05, 0.1) is 24.8 Å². The van der Waals surface area contributed by atoms with Crippen LogP contribution >= 0.6 is 11.6 Å². The van der Waals surface area contributed by atoms with Gasteiger partial charge in [0.1, 0.15) is 5.54 Å². The van der Waals surface area contributed by atoms with Crippen molar-refractivity contribution in [1.82, 2.24) is 19.6 Å². The topological polar surface area (TPSA) is 109 Å². The van der Waals surface area contributed by atoms with Crippen molar-refractivity contribution in [1.29, 1.82) is 0 Å². The van der Waals surface area contributed by atoms with E-state index in [0.29, 0.717) is 13.1 Å². The summed E-state index contributed by atoms with van der Waals surface area (Å²) >= 11 is 5.96. The van der Waals surface area contributed by atoms with E-state index < -0.39 is 42.6 Å². The number of alkyl halides is 4. The number of anilines is 1. The molecule has 0 bridgehead atoms. The summed E-state index contributed by atoms with van der Waals surface area (Å²) in [6.45, 7) is 0.710. The molecule has 10 nitrogen and oxygen atoms in total. The summed E-state index contributed by atoms with van der Waals surface area (Å²) in [6.07, 6.45) is -1.30. The van der Waals surface area contributed by atoms with E-state index in [2.05, 4.69) is 19.9 Å². The number of benzene rings is 1. The molecule has 2 aromatic rings. The summed E-state index contributed by atoms with van der Waals surface area (Å²) in [7, 11) is 0. The second-order valence-electron chi connectivity index (χ2n) is 10.9. The molecule has 3 heterocycles. The number of nitrogens with zero attached hydrogens (tertiary/aromatic N) is 4. The van der Waals surface area contributed by atoms with Crippen molar-refractivity contribution in [2.45, 2.75) is 50.9 Å². The molecule has 2 aliphatic rings. The van der Waals surface area contributed by atoms with Gasteiger partial charge < -0.3 is 24.8 Å². The zero-order valence-electron chi connectivity index (χ0n) is 23.2. The molecule has 0 spiro atoms. The number of hydrogen-bond acceptors (Lipinski definition) is 7. The van der Waals surface area contributed by atoms with E-state index in [1.54, 1.807) is 16.9 Å². The number of carbonyl (C=O) groups is 2. The number of piperidine rings is 1. The lowest BCUT2D eigenvalue weighted by molar-refractivity contribution is -0.270. The minimum atomic E-state index is -3.33. The third-order valence-electron chi connectivity index (χ3n) is 7.62. The summed E-state index contributed by atoms with van der Waals surface area (Å²) in [5.74, 6) is -2.84. The molecule has 2 saturated heterocycles. The molecular formula is C27H34ClF4N5O5. The second-order valence-corrected chi connectivity index (χ2v) is 11.3. The van der Waals surface area contributed by atoms with Gasteiger partial charge in [0.25, 0.3) is 5.91 Å². The van der Waals surface area contributed by atoms with Crippen molar-refractivity contribution in [3.8, 4) is 5.75 Å². The van der Waals surface area contributed by atoms with Crippen LogP contribution < -0.4 is 10.1 Å². The third kappa shape index (κ3) is 7.52. The molecule has 4 rings (SSSR count). The van der Waals surface area contributed by atoms with E-state index in [0.717, 1.165) is 5.69 Å². The van der Waals surface area contributed by atoms with Crippen molar-refractivity contribution in [2.24, 2.45) is 5.92 Å². The molecule has 2 N–H and O–H groups in total. The molecule has 1 unspecified atom stereocenters. The molecule has 1 amide bonds. The maximum Gasteiger partial charge on any atom is 0.387 e. The molecule has 1 atom stereocenters. The Hall–Kier alpha value is -2.94. The minimum absolute atomic E-state index is 0.00602. The zero-order valence-corrected chi connectivity index (χ0v) is 24.0. The Balaban J connectivity index is 1.54. The van der Waals surface area contributed by atoms with Crippen molar-refractivity contribution < 1.29 is 41.7 Å². The smallest absolute Gasteiger partial charge is 0.387 e. The molecule has 1 aromatic carbocycles. The molecule has 0 radical (unpaired) electrons. The van der Waals surface area contributed by atoms with Crippen LogP contribution in [-0.2, 0) is 19.9 Å². The predicted molar refractivity (Wildman–Crippen MR) is 145 cm³/mol. The maximum absolute atomic E-state index is 14.0. The summed E-state index contributed by atoms with van der Waals surface area (Å²) in [6, 6.07) is 5.80. The van der Waals surface area contributed by atoms with Gasteiger partial charge in [-0.2, -0.15) is 22.7 Å². The van der Waals surface area contributed by atoms with Crippen LogP contribution in [0.2, 0.25) is 5.02 Å². The summed E-state index contributed by atoms with van der Waals surface area (Å²) in [4.78, 5) is 29.3. The molecule has 2 aliphatic heterocycles. The van der Waals surface area contributed by atoms with Crippen LogP contribution in [0, 0.1) is 5.92 Å². The average molecular weight is 620 g/mol. The fourth-order valence-corrected chi connectivity index (χ4v) is 5.64. The number of ether oxygens (including phenoxy) is 2. The fourth-order valence-electron chi connectivity index (χ4n) is 5.48. The molecule has 0 aliphatic carbocycles. The van der Waals surface area contributed by atoms with Gasteiger partial charge in [-0.05, 0) is 37.0 Å². The summed E-state index contributed by atoms with van der Waals surface area (Å²) < 4.78 is 64.2. The zero-order chi connectivity index (χ0) is 30.7. The normalized spacial score (nSPS) is 20.0. The summed E-state index contributed by atoms with van der Waals surface area (Å²) in [5.41, 5.74) is -0.430. The van der Waals surface area contributed by atoms with Crippen molar-refractivity contribution >= 4 is 29.2 Å². The summed E-state index contributed by atoms with van der Waals surface area (Å²) in [5, 5.41) is 17.2. The molecule has 2 fully saturated rings. The van der Waals surface area contributed by atoms with Crippen LogP contribution in [0.3, 0.4) is 0 Å². The van der Waals surface area contributed by atoms with Crippen LogP contribution in [0.15, 0.2) is 30.5 Å². The number of hydrogen-bond donors (Lipinski definition) is 2. The lowest BCUT2D eigenvalue weighted by atomic mass is 9.85. The highest BCUT2D eigenvalue weighted by molar-refractivity contribution is 6.30. The Morgan fingerprint density at radius 3 is 2.45 bits per heavy atom. The third-order valence-corrected chi connectivity index (χ3v) is 7.85. The predicted octanol–water partition coefficient (Wildman–Crippen LogP) is 4.32. The number of likely N-dealkylation sites (tertiary alicyclic amines) is 1. The number of aliphatic carboxylic acids is 1. The molecule has 15 heteroatoms. The first kappa shape index (κ1) is 32.0. The highest BCUT2D eigenvalue weighted by Gasteiger charge is 2.46. The van der Waals surface area contributed by atoms with Gasteiger partial charge in [0, 0.05) is 55.7 Å². The molecule has 42 heavy (non-hydrogen) atoms. The first-order chi connectivity index (χ1) is 19.8. The number of halogens is 5. The molecule has 0 saturated carbocycles. The number of amides is 1. The van der Waals surface area contributed by atoms with Crippen molar-refractivity contribution in [3.63, 3.8) is 0 Å². The SMILES string of the molecule is CC(C)c1ccnn1C1(C(=O)Nc2ccc(Cl)cc2OC(F)F)CCN(CC(CN2CCOC(F)(F)C2)C(=O)O)CC1. The number of rotatable bonds is 11. The average Bonchev–Trinajstić information content (AvgIpc) is 3.40. The monoisotopic (exact) mass is 619 g/mol. The highest BCUT2D eigenvalue weighted by atomic mass is 35.5. The van der Waals surface area contributed by atoms with Crippen LogP contribution in [0.25, 0.3) is 0 Å². The molecule has 232 valence electrons. The lowest BCUT2D eigenvalue weighted by Gasteiger charge is -2.42. The van der Waals surface area contributed by atoms with Crippen LogP contribution in [-0.4, -0.2) is 95.2 Å². The quantitative estimate of drug-likeness (QED) is 0.358. The Bertz CT molecular complexity index is 1260. The minimum Gasteiger partial charge on any atom is -0.481 e. The van der Waals surface area contributed by atoms with Gasteiger partial charge >= 0.3 is 18.7 Å². The molecule has 1 aromatic heterocycles. The maximum atomic E-state index is 14.0. The number of carbonyl (C=O) groups excluding carboxylic acids is 1. The van der Waals surface area contributed by atoms with Gasteiger partial charge in [-0.3, -0.25) is 19.2 Å². The van der Waals surface area contributed by atoms with Crippen LogP contribution in [0.1, 0.15) is 38.3 Å². The number of aromatic nitrogens is 2. The number of morpholine rings is 1. The van der Waals surface area contributed by atoms with Crippen LogP contribution in [0.4, 0.5) is 23.2 Å². The van der Waals surface area contributed by atoms with Gasteiger partial charge in [-0.25, -0.2) is 0 Å². The van der Waals surface area contributed by atoms with E-state index >= 15 is 0 Å². The van der Waals surface area contributed by atoms with E-state index in [9.17, 15) is 32.3 Å². The largest absolute Gasteiger partial charge is 0.481 e. The standard InChI is InChI=1S/C27H34ClF4N5O5/c1-17(2)21-5-8-33-37(21)26(24(40)34-20-4-3-19(28)13-22(20)42-25(29)30)6-9-35(10-7-26)14-18(23(38)39)15-36-11-12-41-27(31,32)16-36/h3-5,8,13,17-18,25H,6-7,9-12,14-16H2,1-2H3,(H,34,40)(H,38,39). The number of carboxylic acids is 1. The number of carboxylic acid groups (broad SMARTS) is 1. The van der Waals surface area contributed by atoms with E-state index in [4.69, 9.17) is 11.6 Å². The van der Waals surface area contributed by atoms with Gasteiger partial charge in [-0.1, -0.05) is 25.4 Å². The second kappa shape index (κ2) is 13.1. The Kier molecular flexibility index (Phi) is 10.0. The highest BCUT2D eigenvalue weighted by Crippen LogP contribution is 2.37. The Morgan fingerprint density at radius 2 is 1.83 bits per heavy atom. The van der Waals surface area contributed by atoms with E-state index in [1.165, 1.54) is 23.1 Å². The lowest BCUT2D eigenvalue weighted by Crippen LogP contribution is -2.55. The van der Waals surface area contributed by atoms with Crippen LogP contribution in [0.5, 0.6) is 5.75 Å². The van der Waals surface area contributed by atoms with E-state index in [1.807, 2.05) is 18.7 Å². The number of nitrogens with one attached hydrogen (secondary N) is 1. The Morgan fingerprint density at radius 1 is 1.14 bits per heavy atom. The first-order valence-corrected chi connectivity index (χ1v) is 14.0. The van der Waals surface area contributed by atoms with Gasteiger partial charge in [0.15, 0.2) is 5.75 Å². The molecular weight excluding hydrogens is 586 g/mol. The fraction of sp³-hybridized carbons (Fsp3) is 0.593. The first-order valence-electron chi connectivity index (χ1n) is 13.6. The van der Waals surface area contributed by atoms with Crippen molar-refractivity contribution in [3.05, 3.63) is 41.2 Å². The van der Waals surface area contributed by atoms with Gasteiger partial charge in [0.2, 0.25) is 0 Å².